The summed E-state index contributed by atoms with van der Waals surface area (Å²) in [6.07, 6.45) is -3.08. The van der Waals surface area contributed by atoms with Gasteiger partial charge in [0.05, 0.1) is 0 Å². The van der Waals surface area contributed by atoms with Gasteiger partial charge in [0.2, 0.25) is 0 Å². The Balaban J connectivity index is 2.43. The summed E-state index contributed by atoms with van der Waals surface area (Å²) >= 11 is 1.25. The van der Waals surface area contributed by atoms with Gasteiger partial charge in [-0.1, -0.05) is 34.6 Å². The molecule has 0 saturated carbocycles. The van der Waals surface area contributed by atoms with E-state index in [9.17, 15) is 14.4 Å². The number of benzene rings is 1. The largest absolute Gasteiger partial charge is 0.463 e. The smallest absolute Gasteiger partial charge is 0.303 e. The maximum Gasteiger partial charge on any atom is 0.303 e. The summed E-state index contributed by atoms with van der Waals surface area (Å²) in [5.41, 5.74) is 9.29. The average Bonchev–Trinajstić information content (AvgIpc) is 2.64. The molecular weight excluding hydrogens is 414 g/mol. The third-order valence-corrected chi connectivity index (χ3v) is 5.24. The highest BCUT2D eigenvalue weighted by Gasteiger charge is 2.50. The Hall–Kier alpha value is -2.75. The monoisotopic (exact) mass is 437 g/mol. The van der Waals surface area contributed by atoms with Crippen LogP contribution in [-0.4, -0.2) is 54.3 Å². The molecule has 1 aliphatic heterocycles. The van der Waals surface area contributed by atoms with Gasteiger partial charge in [0.1, 0.15) is 36.4 Å². The first-order valence-electron chi connectivity index (χ1n) is 9.12. The van der Waals surface area contributed by atoms with Gasteiger partial charge in [0.15, 0.2) is 0 Å². The topological polar surface area (TPSA) is 137 Å². The summed E-state index contributed by atoms with van der Waals surface area (Å²) in [6.45, 7) is 5.33. The Morgan fingerprint density at radius 1 is 1.13 bits per heavy atom. The molecule has 5 atom stereocenters. The lowest BCUT2D eigenvalue weighted by atomic mass is 9.97. The molecule has 1 aromatic rings. The molecule has 1 fully saturated rings. The Morgan fingerprint density at radius 3 is 2.37 bits per heavy atom. The molecule has 0 aromatic heterocycles. The molecule has 3 unspecified atom stereocenters. The van der Waals surface area contributed by atoms with E-state index < -0.39 is 47.7 Å². The van der Waals surface area contributed by atoms with Crippen LogP contribution in [0.3, 0.4) is 0 Å². The van der Waals surface area contributed by atoms with Gasteiger partial charge in [-0.3, -0.25) is 14.4 Å². The fourth-order valence-electron chi connectivity index (χ4n) is 2.99. The Labute approximate surface area is 177 Å². The summed E-state index contributed by atoms with van der Waals surface area (Å²) in [5.74, 6) is -1.82. The lowest BCUT2D eigenvalue weighted by Crippen LogP contribution is -2.59. The van der Waals surface area contributed by atoms with Gasteiger partial charge in [-0.25, -0.2) is 0 Å². The zero-order valence-electron chi connectivity index (χ0n) is 17.0. The lowest BCUT2D eigenvalue weighted by Gasteiger charge is -2.43. The van der Waals surface area contributed by atoms with Crippen molar-refractivity contribution in [3.05, 3.63) is 40.3 Å². The van der Waals surface area contributed by atoms with Crippen LogP contribution in [0.15, 0.2) is 34.3 Å². The van der Waals surface area contributed by atoms with Gasteiger partial charge in [-0.15, -0.1) is 0 Å². The number of hydrogen-bond acceptors (Lipinski definition) is 9. The second kappa shape index (κ2) is 10.9. The Morgan fingerprint density at radius 2 is 1.80 bits per heavy atom. The van der Waals surface area contributed by atoms with Crippen LogP contribution in [0.2, 0.25) is 0 Å². The molecule has 162 valence electrons. The standard InChI is InChI=1S/C19H23N3O7S/c1-10-6-5-7-14(8-10)30-19-18(28-13(4)25)16(21-22-20)17(27-12(3)24)15(29-19)9-26-11(2)23/h5-8,15-19H,9H2,1-4H3/t15?,16?,17-,18?,19+/m0/s1. The van der Waals surface area contributed by atoms with E-state index in [1.165, 1.54) is 32.5 Å². The van der Waals surface area contributed by atoms with Crippen LogP contribution in [0.4, 0.5) is 0 Å². The predicted octanol–water partition coefficient (Wildman–Crippen LogP) is 2.92. The Kier molecular flexibility index (Phi) is 8.52. The van der Waals surface area contributed by atoms with E-state index in [2.05, 4.69) is 10.0 Å². The second-order valence-electron chi connectivity index (χ2n) is 6.62. The van der Waals surface area contributed by atoms with Gasteiger partial charge < -0.3 is 18.9 Å². The number of rotatable bonds is 7. The van der Waals surface area contributed by atoms with Gasteiger partial charge >= 0.3 is 17.9 Å². The molecule has 0 spiro atoms. The zero-order valence-corrected chi connectivity index (χ0v) is 17.8. The molecule has 0 bridgehead atoms. The minimum atomic E-state index is -1.11. The van der Waals surface area contributed by atoms with E-state index in [1.54, 1.807) is 0 Å². The number of aryl methyl sites for hydroxylation is 1. The van der Waals surface area contributed by atoms with Gasteiger partial charge in [0.25, 0.3) is 0 Å². The number of azide groups is 1. The van der Waals surface area contributed by atoms with Crippen LogP contribution in [0.1, 0.15) is 26.3 Å². The maximum atomic E-state index is 11.7. The summed E-state index contributed by atoms with van der Waals surface area (Å²) < 4.78 is 21.8. The van der Waals surface area contributed by atoms with Crippen LogP contribution in [0.5, 0.6) is 0 Å². The molecule has 0 amide bonds. The second-order valence-corrected chi connectivity index (χ2v) is 7.80. The highest BCUT2D eigenvalue weighted by atomic mass is 32.2. The normalized spacial score (nSPS) is 25.5. The number of carbonyl (C=O) groups is 3. The number of thioether (sulfide) groups is 1. The van der Waals surface area contributed by atoms with Crippen LogP contribution >= 0.6 is 11.8 Å². The molecule has 0 radical (unpaired) electrons. The van der Waals surface area contributed by atoms with Crippen molar-refractivity contribution in [1.29, 1.82) is 0 Å². The molecule has 2 rings (SSSR count). The number of ether oxygens (including phenoxy) is 4. The van der Waals surface area contributed by atoms with E-state index in [1.807, 2.05) is 31.2 Å². The maximum absolute atomic E-state index is 11.7. The SMILES string of the molecule is CC(=O)OCC1O[C@H](Sc2cccc(C)c2)C(OC(C)=O)C(N=[N+]=[N-])[C@H]1OC(C)=O. The summed E-state index contributed by atoms with van der Waals surface area (Å²) in [6, 6.07) is 6.48. The third kappa shape index (κ3) is 6.65. The fourth-order valence-corrected chi connectivity index (χ4v) is 4.22. The zero-order chi connectivity index (χ0) is 22.3. The quantitative estimate of drug-likeness (QED) is 0.209. The molecule has 11 heteroatoms. The van der Waals surface area contributed by atoms with Gasteiger partial charge in [-0.2, -0.15) is 0 Å². The van der Waals surface area contributed by atoms with E-state index in [0.29, 0.717) is 0 Å². The van der Waals surface area contributed by atoms with Crippen LogP contribution in [-0.2, 0) is 33.3 Å². The van der Waals surface area contributed by atoms with Crippen LogP contribution < -0.4 is 0 Å². The first kappa shape index (κ1) is 23.5. The first-order chi connectivity index (χ1) is 14.2. The molecule has 0 aliphatic carbocycles. The van der Waals surface area contributed by atoms with Crippen molar-refractivity contribution in [3.63, 3.8) is 0 Å². The molecule has 30 heavy (non-hydrogen) atoms. The van der Waals surface area contributed by atoms with Crippen molar-refractivity contribution in [2.24, 2.45) is 5.11 Å². The predicted molar refractivity (Wildman–Crippen MR) is 106 cm³/mol. The van der Waals surface area contributed by atoms with Crippen molar-refractivity contribution in [1.82, 2.24) is 0 Å². The van der Waals surface area contributed by atoms with E-state index in [4.69, 9.17) is 24.5 Å². The summed E-state index contributed by atoms with van der Waals surface area (Å²) in [7, 11) is 0. The molecule has 0 N–H and O–H groups in total. The van der Waals surface area contributed by atoms with E-state index in [0.717, 1.165) is 10.5 Å². The average molecular weight is 437 g/mol. The third-order valence-electron chi connectivity index (χ3n) is 4.10. The van der Waals surface area contributed by atoms with Crippen molar-refractivity contribution >= 4 is 29.7 Å². The van der Waals surface area contributed by atoms with Gasteiger partial charge in [-0.05, 0) is 24.6 Å². The molecule has 10 nitrogen and oxygen atoms in total. The number of esters is 3. The highest BCUT2D eigenvalue weighted by molar-refractivity contribution is 7.99. The highest BCUT2D eigenvalue weighted by Crippen LogP contribution is 2.37. The fraction of sp³-hybridized carbons (Fsp3) is 0.526. The van der Waals surface area contributed by atoms with Crippen molar-refractivity contribution in [2.45, 2.75) is 62.4 Å². The number of carbonyl (C=O) groups excluding carboxylic acids is 3. The van der Waals surface area contributed by atoms with Crippen molar-refractivity contribution < 1.29 is 33.3 Å². The molecule has 1 saturated heterocycles. The molecule has 1 heterocycles. The van der Waals surface area contributed by atoms with Crippen LogP contribution in [0.25, 0.3) is 10.4 Å². The number of hydrogen-bond donors (Lipinski definition) is 0. The first-order valence-corrected chi connectivity index (χ1v) is 10.00. The summed E-state index contributed by atoms with van der Waals surface area (Å²) in [5, 5.41) is 3.73. The molecule has 1 aliphatic rings. The number of nitrogens with zero attached hydrogens (tertiary/aromatic N) is 3. The minimum Gasteiger partial charge on any atom is -0.463 e. The van der Waals surface area contributed by atoms with E-state index in [-0.39, 0.29) is 6.61 Å². The Bertz CT molecular complexity index is 843. The van der Waals surface area contributed by atoms with Crippen LogP contribution in [0, 0.1) is 6.92 Å². The lowest BCUT2D eigenvalue weighted by molar-refractivity contribution is -0.201. The van der Waals surface area contributed by atoms with Crippen molar-refractivity contribution in [2.75, 3.05) is 6.61 Å². The van der Waals surface area contributed by atoms with Gasteiger partial charge in [0, 0.05) is 30.6 Å². The summed E-state index contributed by atoms with van der Waals surface area (Å²) in [4.78, 5) is 38.3. The molecular formula is C19H23N3O7S. The minimum absolute atomic E-state index is 0.234. The molecule has 1 aromatic carbocycles. The van der Waals surface area contributed by atoms with Crippen molar-refractivity contribution in [3.8, 4) is 0 Å². The van der Waals surface area contributed by atoms with E-state index >= 15 is 0 Å².